The third kappa shape index (κ3) is 4.55. The molecule has 130 valence electrons. The summed E-state index contributed by atoms with van der Waals surface area (Å²) in [6, 6.07) is 6.28. The fraction of sp³-hybridized carbons (Fsp3) is 0.556. The summed E-state index contributed by atoms with van der Waals surface area (Å²) in [5, 5.41) is 0. The molecule has 2 heterocycles. The Balaban J connectivity index is 1.46. The second kappa shape index (κ2) is 8.26. The van der Waals surface area contributed by atoms with Crippen LogP contribution in [0.5, 0.6) is 0 Å². The standard InChI is InChI=1S/C18H22O6/c19-17(23-11-15-3-1-9-21-15)13-5-7-14(8-6-13)18(20)24-12-16-4-2-10-22-16/h5-8,15-16H,1-4,9-12H2. The molecule has 6 heteroatoms. The quantitative estimate of drug-likeness (QED) is 0.744. The Morgan fingerprint density at radius 1 is 0.833 bits per heavy atom. The van der Waals surface area contributed by atoms with E-state index in [1.54, 1.807) is 24.3 Å². The van der Waals surface area contributed by atoms with Crippen molar-refractivity contribution in [2.45, 2.75) is 37.9 Å². The van der Waals surface area contributed by atoms with Gasteiger partial charge in [-0.1, -0.05) is 0 Å². The molecule has 2 aliphatic rings. The number of carbonyl (C=O) groups is 2. The SMILES string of the molecule is O=C(OCC1CCCO1)c1ccc(C(=O)OCC2CCCO2)cc1. The van der Waals surface area contributed by atoms with E-state index in [-0.39, 0.29) is 25.4 Å². The second-order valence-corrected chi connectivity index (χ2v) is 6.04. The first-order valence-electron chi connectivity index (χ1n) is 8.40. The summed E-state index contributed by atoms with van der Waals surface area (Å²) in [7, 11) is 0. The van der Waals surface area contributed by atoms with Gasteiger partial charge in [0.25, 0.3) is 0 Å². The molecule has 0 aromatic heterocycles. The zero-order chi connectivity index (χ0) is 16.8. The molecule has 2 fully saturated rings. The Bertz CT molecular complexity index is 504. The molecule has 2 unspecified atom stereocenters. The topological polar surface area (TPSA) is 71.1 Å². The Kier molecular flexibility index (Phi) is 5.82. The summed E-state index contributed by atoms with van der Waals surface area (Å²) in [6.07, 6.45) is 3.85. The van der Waals surface area contributed by atoms with Crippen LogP contribution in [0.3, 0.4) is 0 Å². The third-order valence-corrected chi connectivity index (χ3v) is 4.20. The van der Waals surface area contributed by atoms with E-state index in [0.717, 1.165) is 38.9 Å². The van der Waals surface area contributed by atoms with Gasteiger partial charge < -0.3 is 18.9 Å². The first kappa shape index (κ1) is 16.9. The smallest absolute Gasteiger partial charge is 0.338 e. The lowest BCUT2D eigenvalue weighted by molar-refractivity contribution is 0.0154. The molecule has 2 aliphatic heterocycles. The van der Waals surface area contributed by atoms with E-state index >= 15 is 0 Å². The van der Waals surface area contributed by atoms with Crippen molar-refractivity contribution in [2.75, 3.05) is 26.4 Å². The van der Waals surface area contributed by atoms with E-state index in [9.17, 15) is 9.59 Å². The van der Waals surface area contributed by atoms with Gasteiger partial charge in [0.15, 0.2) is 0 Å². The van der Waals surface area contributed by atoms with Crippen LogP contribution in [0, 0.1) is 0 Å². The van der Waals surface area contributed by atoms with E-state index in [2.05, 4.69) is 0 Å². The fourth-order valence-corrected chi connectivity index (χ4v) is 2.80. The molecule has 0 spiro atoms. The van der Waals surface area contributed by atoms with Gasteiger partial charge >= 0.3 is 11.9 Å². The molecule has 1 aromatic carbocycles. The van der Waals surface area contributed by atoms with Gasteiger partial charge in [-0.2, -0.15) is 0 Å². The third-order valence-electron chi connectivity index (χ3n) is 4.20. The van der Waals surface area contributed by atoms with E-state index in [1.807, 2.05) is 0 Å². The molecule has 0 saturated carbocycles. The fourth-order valence-electron chi connectivity index (χ4n) is 2.80. The number of hydrogen-bond acceptors (Lipinski definition) is 6. The number of hydrogen-bond donors (Lipinski definition) is 0. The minimum atomic E-state index is -0.412. The van der Waals surface area contributed by atoms with Gasteiger partial charge in [-0.3, -0.25) is 0 Å². The molecular formula is C18H22O6. The average Bonchev–Trinajstić information content (AvgIpc) is 3.31. The summed E-state index contributed by atoms with van der Waals surface area (Å²) in [5.74, 6) is -0.824. The Morgan fingerprint density at radius 3 is 1.58 bits per heavy atom. The van der Waals surface area contributed by atoms with E-state index in [0.29, 0.717) is 11.1 Å². The molecule has 6 nitrogen and oxygen atoms in total. The molecule has 1 aromatic rings. The highest BCUT2D eigenvalue weighted by molar-refractivity contribution is 5.93. The maximum absolute atomic E-state index is 12.0. The predicted molar refractivity (Wildman–Crippen MR) is 85.0 cm³/mol. The van der Waals surface area contributed by atoms with Crippen LogP contribution in [0.4, 0.5) is 0 Å². The zero-order valence-electron chi connectivity index (χ0n) is 13.6. The lowest BCUT2D eigenvalue weighted by atomic mass is 10.1. The maximum atomic E-state index is 12.0. The maximum Gasteiger partial charge on any atom is 0.338 e. The van der Waals surface area contributed by atoms with Gasteiger partial charge in [0.05, 0.1) is 23.3 Å². The van der Waals surface area contributed by atoms with E-state index in [4.69, 9.17) is 18.9 Å². The minimum absolute atomic E-state index is 0.000933. The van der Waals surface area contributed by atoms with E-state index in [1.165, 1.54) is 0 Å². The summed E-state index contributed by atoms with van der Waals surface area (Å²) in [6.45, 7) is 1.99. The molecule has 0 N–H and O–H groups in total. The largest absolute Gasteiger partial charge is 0.459 e. The summed E-state index contributed by atoms with van der Waals surface area (Å²) in [4.78, 5) is 23.9. The number of benzene rings is 1. The number of ether oxygens (including phenoxy) is 4. The molecule has 24 heavy (non-hydrogen) atoms. The van der Waals surface area contributed by atoms with Gasteiger partial charge in [-0.05, 0) is 49.9 Å². The Hall–Kier alpha value is -1.92. The number of rotatable bonds is 6. The summed E-state index contributed by atoms with van der Waals surface area (Å²) < 4.78 is 21.3. The highest BCUT2D eigenvalue weighted by Gasteiger charge is 2.20. The minimum Gasteiger partial charge on any atom is -0.459 e. The van der Waals surface area contributed by atoms with Gasteiger partial charge in [0.2, 0.25) is 0 Å². The van der Waals surface area contributed by atoms with Gasteiger partial charge in [0.1, 0.15) is 13.2 Å². The van der Waals surface area contributed by atoms with Crippen LogP contribution in [0.25, 0.3) is 0 Å². The molecule has 0 bridgehead atoms. The Morgan fingerprint density at radius 2 is 1.25 bits per heavy atom. The highest BCUT2D eigenvalue weighted by atomic mass is 16.6. The van der Waals surface area contributed by atoms with Crippen LogP contribution in [-0.4, -0.2) is 50.6 Å². The van der Waals surface area contributed by atoms with Crippen LogP contribution in [0.2, 0.25) is 0 Å². The number of esters is 2. The summed E-state index contributed by atoms with van der Waals surface area (Å²) in [5.41, 5.74) is 0.812. The van der Waals surface area contributed by atoms with Gasteiger partial charge in [-0.25, -0.2) is 9.59 Å². The normalized spacial score (nSPS) is 23.2. The molecule has 0 aliphatic carbocycles. The molecule has 0 amide bonds. The molecule has 2 saturated heterocycles. The highest BCUT2D eigenvalue weighted by Crippen LogP contribution is 2.15. The number of carbonyl (C=O) groups excluding carboxylic acids is 2. The van der Waals surface area contributed by atoms with Crippen LogP contribution in [0.1, 0.15) is 46.4 Å². The van der Waals surface area contributed by atoms with Crippen molar-refractivity contribution in [3.05, 3.63) is 35.4 Å². The molecular weight excluding hydrogens is 312 g/mol. The monoisotopic (exact) mass is 334 g/mol. The zero-order valence-corrected chi connectivity index (χ0v) is 13.6. The van der Waals surface area contributed by atoms with Crippen molar-refractivity contribution in [3.63, 3.8) is 0 Å². The Labute approximate surface area is 141 Å². The first-order valence-corrected chi connectivity index (χ1v) is 8.40. The van der Waals surface area contributed by atoms with Crippen molar-refractivity contribution in [2.24, 2.45) is 0 Å². The average molecular weight is 334 g/mol. The summed E-state index contributed by atoms with van der Waals surface area (Å²) >= 11 is 0. The van der Waals surface area contributed by atoms with Crippen LogP contribution in [-0.2, 0) is 18.9 Å². The lowest BCUT2D eigenvalue weighted by Crippen LogP contribution is -2.18. The lowest BCUT2D eigenvalue weighted by Gasteiger charge is -2.11. The van der Waals surface area contributed by atoms with Crippen LogP contribution < -0.4 is 0 Å². The molecule has 3 rings (SSSR count). The second-order valence-electron chi connectivity index (χ2n) is 6.04. The van der Waals surface area contributed by atoms with Crippen molar-refractivity contribution in [1.29, 1.82) is 0 Å². The molecule has 2 atom stereocenters. The van der Waals surface area contributed by atoms with Crippen molar-refractivity contribution in [3.8, 4) is 0 Å². The van der Waals surface area contributed by atoms with Crippen molar-refractivity contribution in [1.82, 2.24) is 0 Å². The van der Waals surface area contributed by atoms with Crippen molar-refractivity contribution < 1.29 is 28.5 Å². The first-order chi connectivity index (χ1) is 11.7. The predicted octanol–water partition coefficient (Wildman–Crippen LogP) is 2.36. The van der Waals surface area contributed by atoms with Gasteiger partial charge in [-0.15, -0.1) is 0 Å². The molecule has 0 radical (unpaired) electrons. The van der Waals surface area contributed by atoms with Crippen LogP contribution >= 0.6 is 0 Å². The van der Waals surface area contributed by atoms with E-state index < -0.39 is 11.9 Å². The van der Waals surface area contributed by atoms with Gasteiger partial charge in [0, 0.05) is 13.2 Å². The van der Waals surface area contributed by atoms with Crippen LogP contribution in [0.15, 0.2) is 24.3 Å². The van der Waals surface area contributed by atoms with Crippen molar-refractivity contribution >= 4 is 11.9 Å².